The summed E-state index contributed by atoms with van der Waals surface area (Å²) in [5.74, 6) is -0.379. The Morgan fingerprint density at radius 1 is 1.04 bits per heavy atom. The van der Waals surface area contributed by atoms with Crippen molar-refractivity contribution in [2.75, 3.05) is 5.32 Å². The number of hydrogen-bond donors (Lipinski definition) is 2. The van der Waals surface area contributed by atoms with Gasteiger partial charge in [0.25, 0.3) is 5.91 Å². The summed E-state index contributed by atoms with van der Waals surface area (Å²) in [6.45, 7) is 4.03. The molecule has 24 heavy (non-hydrogen) atoms. The molecule has 0 saturated carbocycles. The molecule has 0 atom stereocenters. The van der Waals surface area contributed by atoms with Gasteiger partial charge in [0.1, 0.15) is 0 Å². The first-order chi connectivity index (χ1) is 11.4. The largest absolute Gasteiger partial charge is 0.348 e. The zero-order valence-corrected chi connectivity index (χ0v) is 14.9. The molecule has 2 N–H and O–H groups in total. The average Bonchev–Trinajstić information content (AvgIpc) is 2.53. The number of amides is 2. The minimum atomic E-state index is -0.270. The van der Waals surface area contributed by atoms with Gasteiger partial charge in [-0.3, -0.25) is 9.59 Å². The van der Waals surface area contributed by atoms with E-state index in [-0.39, 0.29) is 17.7 Å². The first-order valence-corrected chi connectivity index (χ1v) is 8.25. The van der Waals surface area contributed by atoms with Gasteiger partial charge in [0, 0.05) is 23.2 Å². The van der Waals surface area contributed by atoms with Crippen molar-refractivity contribution in [1.29, 1.82) is 0 Å². The highest BCUT2D eigenvalue weighted by Gasteiger charge is 2.11. The van der Waals surface area contributed by atoms with Crippen molar-refractivity contribution in [3.63, 3.8) is 0 Å². The molecule has 6 heteroatoms. The van der Waals surface area contributed by atoms with Crippen LogP contribution in [0.2, 0.25) is 10.0 Å². The lowest BCUT2D eigenvalue weighted by molar-refractivity contribution is -0.118. The Kier molecular flexibility index (Phi) is 6.23. The van der Waals surface area contributed by atoms with Crippen LogP contribution in [0, 0.1) is 5.92 Å². The summed E-state index contributed by atoms with van der Waals surface area (Å²) in [5, 5.41) is 6.41. The zero-order valence-electron chi connectivity index (χ0n) is 13.4. The van der Waals surface area contributed by atoms with Crippen LogP contribution in [0.4, 0.5) is 5.69 Å². The van der Waals surface area contributed by atoms with Crippen molar-refractivity contribution in [2.45, 2.75) is 20.4 Å². The van der Waals surface area contributed by atoms with Gasteiger partial charge < -0.3 is 10.6 Å². The zero-order chi connectivity index (χ0) is 17.7. The van der Waals surface area contributed by atoms with Crippen molar-refractivity contribution in [3.05, 3.63) is 63.6 Å². The summed E-state index contributed by atoms with van der Waals surface area (Å²) in [6, 6.07) is 12.0. The van der Waals surface area contributed by atoms with E-state index in [4.69, 9.17) is 23.2 Å². The van der Waals surface area contributed by atoms with E-state index >= 15 is 0 Å². The quantitative estimate of drug-likeness (QED) is 0.819. The third-order valence-corrected chi connectivity index (χ3v) is 3.92. The molecule has 2 aromatic carbocycles. The monoisotopic (exact) mass is 364 g/mol. The maximum absolute atomic E-state index is 12.1. The lowest BCUT2D eigenvalue weighted by Crippen LogP contribution is -2.23. The van der Waals surface area contributed by atoms with Gasteiger partial charge in [-0.1, -0.05) is 49.2 Å². The Bertz CT molecular complexity index is 743. The number of halogens is 2. The molecule has 2 amide bonds. The summed E-state index contributed by atoms with van der Waals surface area (Å²) < 4.78 is 0. The van der Waals surface area contributed by atoms with Crippen LogP contribution < -0.4 is 10.6 Å². The van der Waals surface area contributed by atoms with E-state index in [1.165, 1.54) is 6.07 Å². The van der Waals surface area contributed by atoms with Crippen molar-refractivity contribution >= 4 is 40.7 Å². The van der Waals surface area contributed by atoms with Crippen LogP contribution in [0.5, 0.6) is 0 Å². The normalized spacial score (nSPS) is 10.5. The Hall–Kier alpha value is -2.04. The number of rotatable bonds is 5. The maximum atomic E-state index is 12.1. The van der Waals surface area contributed by atoms with Crippen LogP contribution >= 0.6 is 23.2 Å². The third kappa shape index (κ3) is 4.98. The molecular weight excluding hydrogens is 347 g/mol. The number of carbonyl (C=O) groups excluding carboxylic acids is 2. The topological polar surface area (TPSA) is 58.2 Å². The van der Waals surface area contributed by atoms with Gasteiger partial charge in [-0.2, -0.15) is 0 Å². The second-order valence-electron chi connectivity index (χ2n) is 5.65. The second-order valence-corrected chi connectivity index (χ2v) is 6.49. The Morgan fingerprint density at radius 3 is 2.29 bits per heavy atom. The van der Waals surface area contributed by atoms with E-state index in [0.29, 0.717) is 22.2 Å². The molecule has 0 bridgehead atoms. The van der Waals surface area contributed by atoms with E-state index in [9.17, 15) is 9.59 Å². The van der Waals surface area contributed by atoms with Crippen LogP contribution in [-0.2, 0) is 11.3 Å². The fraction of sp³-hybridized carbons (Fsp3) is 0.222. The molecule has 2 aromatic rings. The van der Waals surface area contributed by atoms with Gasteiger partial charge >= 0.3 is 0 Å². The number of hydrogen-bond acceptors (Lipinski definition) is 2. The minimum absolute atomic E-state index is 0.0339. The Morgan fingerprint density at radius 2 is 1.71 bits per heavy atom. The highest BCUT2D eigenvalue weighted by molar-refractivity contribution is 6.36. The number of carbonyl (C=O) groups is 2. The summed E-state index contributed by atoms with van der Waals surface area (Å²) in [7, 11) is 0. The Labute approximate surface area is 151 Å². The first kappa shape index (κ1) is 18.3. The third-order valence-electron chi connectivity index (χ3n) is 3.37. The van der Waals surface area contributed by atoms with E-state index in [2.05, 4.69) is 10.6 Å². The van der Waals surface area contributed by atoms with E-state index < -0.39 is 0 Å². The maximum Gasteiger partial charge on any atom is 0.253 e. The average molecular weight is 365 g/mol. The molecule has 4 nitrogen and oxygen atoms in total. The second kappa shape index (κ2) is 8.18. The molecule has 0 aliphatic heterocycles. The van der Waals surface area contributed by atoms with E-state index in [1.54, 1.807) is 24.3 Å². The van der Waals surface area contributed by atoms with Crippen molar-refractivity contribution in [1.82, 2.24) is 5.32 Å². The molecule has 0 saturated heterocycles. The molecule has 126 valence electrons. The van der Waals surface area contributed by atoms with Crippen molar-refractivity contribution in [3.8, 4) is 0 Å². The van der Waals surface area contributed by atoms with E-state index in [0.717, 1.165) is 11.3 Å². The van der Waals surface area contributed by atoms with Crippen LogP contribution in [0.15, 0.2) is 42.5 Å². The molecule has 0 spiro atoms. The van der Waals surface area contributed by atoms with Gasteiger partial charge in [0.15, 0.2) is 0 Å². The molecular formula is C18H18Cl2N2O2. The number of benzene rings is 2. The summed E-state index contributed by atoms with van der Waals surface area (Å²) >= 11 is 11.8. The fourth-order valence-electron chi connectivity index (χ4n) is 1.94. The summed E-state index contributed by atoms with van der Waals surface area (Å²) in [5.41, 5.74) is 2.02. The predicted octanol–water partition coefficient (Wildman–Crippen LogP) is 4.52. The van der Waals surface area contributed by atoms with Gasteiger partial charge in [-0.25, -0.2) is 0 Å². The summed E-state index contributed by atoms with van der Waals surface area (Å²) in [4.78, 5) is 23.8. The van der Waals surface area contributed by atoms with Gasteiger partial charge in [-0.05, 0) is 35.9 Å². The molecule has 0 aromatic heterocycles. The Balaban J connectivity index is 1.94. The molecule has 0 radical (unpaired) electrons. The molecule has 0 heterocycles. The lowest BCUT2D eigenvalue weighted by atomic mass is 10.1. The van der Waals surface area contributed by atoms with Gasteiger partial charge in [0.05, 0.1) is 10.6 Å². The first-order valence-electron chi connectivity index (χ1n) is 7.50. The van der Waals surface area contributed by atoms with Crippen LogP contribution in [0.1, 0.15) is 29.8 Å². The summed E-state index contributed by atoms with van der Waals surface area (Å²) in [6.07, 6.45) is 0. The van der Waals surface area contributed by atoms with Crippen molar-refractivity contribution in [2.24, 2.45) is 5.92 Å². The van der Waals surface area contributed by atoms with E-state index in [1.807, 2.05) is 26.0 Å². The molecule has 0 unspecified atom stereocenters. The predicted molar refractivity (Wildman–Crippen MR) is 97.5 cm³/mol. The standard InChI is InChI=1S/C18H18Cl2N2O2/c1-11(2)17(23)22-14-6-3-12(4-7-14)10-21-18(24)15-8-5-13(19)9-16(15)20/h3-9,11H,10H2,1-2H3,(H,21,24)(H,22,23). The molecule has 0 fully saturated rings. The molecule has 0 aliphatic carbocycles. The van der Waals surface area contributed by atoms with Crippen LogP contribution in [0.25, 0.3) is 0 Å². The lowest BCUT2D eigenvalue weighted by Gasteiger charge is -2.10. The van der Waals surface area contributed by atoms with Crippen LogP contribution in [-0.4, -0.2) is 11.8 Å². The molecule has 2 rings (SSSR count). The minimum Gasteiger partial charge on any atom is -0.348 e. The highest BCUT2D eigenvalue weighted by Crippen LogP contribution is 2.21. The van der Waals surface area contributed by atoms with Crippen LogP contribution in [0.3, 0.4) is 0 Å². The van der Waals surface area contributed by atoms with Gasteiger partial charge in [-0.15, -0.1) is 0 Å². The fourth-order valence-corrected chi connectivity index (χ4v) is 2.44. The number of anilines is 1. The number of nitrogens with one attached hydrogen (secondary N) is 2. The highest BCUT2D eigenvalue weighted by atomic mass is 35.5. The van der Waals surface area contributed by atoms with Crippen molar-refractivity contribution < 1.29 is 9.59 Å². The van der Waals surface area contributed by atoms with Gasteiger partial charge in [0.2, 0.25) is 5.91 Å². The molecule has 0 aliphatic rings. The SMILES string of the molecule is CC(C)C(=O)Nc1ccc(CNC(=O)c2ccc(Cl)cc2Cl)cc1. The smallest absolute Gasteiger partial charge is 0.253 e.